The van der Waals surface area contributed by atoms with Gasteiger partial charge in [0.1, 0.15) is 5.82 Å². The molecule has 0 saturated heterocycles. The number of hydrogen-bond donors (Lipinski definition) is 1. The van der Waals surface area contributed by atoms with E-state index in [1.807, 2.05) is 0 Å². The van der Waals surface area contributed by atoms with Crippen molar-refractivity contribution in [1.29, 1.82) is 0 Å². The van der Waals surface area contributed by atoms with Crippen LogP contribution in [0.15, 0.2) is 0 Å². The molecule has 0 aliphatic carbocycles. The summed E-state index contributed by atoms with van der Waals surface area (Å²) >= 11 is 0. The predicted molar refractivity (Wildman–Crippen MR) is 78.1 cm³/mol. The van der Waals surface area contributed by atoms with Crippen molar-refractivity contribution in [3.05, 3.63) is 11.6 Å². The van der Waals surface area contributed by atoms with Gasteiger partial charge in [-0.2, -0.15) is 0 Å². The molecule has 1 aromatic rings. The highest BCUT2D eigenvalue weighted by atomic mass is 15.3. The van der Waals surface area contributed by atoms with Crippen molar-refractivity contribution in [2.24, 2.45) is 5.92 Å². The second-order valence-corrected chi connectivity index (χ2v) is 5.97. The Morgan fingerprint density at radius 3 is 2.74 bits per heavy atom. The van der Waals surface area contributed by atoms with Gasteiger partial charge >= 0.3 is 0 Å². The molecule has 1 N–H and O–H groups in total. The number of unbranched alkanes of at least 4 members (excludes halogenated alkanes) is 4. The third-order valence-electron chi connectivity index (χ3n) is 4.00. The molecule has 4 heteroatoms. The SMILES string of the molecule is CCCCCCCc1nnc2n1CCNC2C(C)C. The van der Waals surface area contributed by atoms with Crippen LogP contribution in [0.3, 0.4) is 0 Å². The number of hydrogen-bond acceptors (Lipinski definition) is 3. The van der Waals surface area contributed by atoms with Crippen molar-refractivity contribution >= 4 is 0 Å². The second kappa shape index (κ2) is 7.04. The first-order valence-corrected chi connectivity index (χ1v) is 7.89. The lowest BCUT2D eigenvalue weighted by Crippen LogP contribution is -2.37. The van der Waals surface area contributed by atoms with Crippen molar-refractivity contribution in [1.82, 2.24) is 20.1 Å². The van der Waals surface area contributed by atoms with Gasteiger partial charge in [-0.3, -0.25) is 0 Å². The highest BCUT2D eigenvalue weighted by molar-refractivity contribution is 5.05. The maximum Gasteiger partial charge on any atom is 0.150 e. The Morgan fingerprint density at radius 2 is 2.00 bits per heavy atom. The van der Waals surface area contributed by atoms with E-state index in [2.05, 4.69) is 40.9 Å². The van der Waals surface area contributed by atoms with E-state index < -0.39 is 0 Å². The zero-order valence-corrected chi connectivity index (χ0v) is 12.7. The van der Waals surface area contributed by atoms with Crippen LogP contribution in [-0.2, 0) is 13.0 Å². The van der Waals surface area contributed by atoms with Crippen LogP contribution in [0.5, 0.6) is 0 Å². The van der Waals surface area contributed by atoms with E-state index in [-0.39, 0.29) is 0 Å². The maximum atomic E-state index is 4.42. The van der Waals surface area contributed by atoms with Gasteiger partial charge in [0.2, 0.25) is 0 Å². The molecule has 0 spiro atoms. The van der Waals surface area contributed by atoms with E-state index in [9.17, 15) is 0 Å². The minimum atomic E-state index is 0.370. The van der Waals surface area contributed by atoms with Gasteiger partial charge in [-0.25, -0.2) is 0 Å². The van der Waals surface area contributed by atoms with E-state index in [1.54, 1.807) is 0 Å². The van der Waals surface area contributed by atoms with Gasteiger partial charge in [0.15, 0.2) is 5.82 Å². The number of nitrogens with zero attached hydrogens (tertiary/aromatic N) is 3. The molecule has 0 fully saturated rings. The molecular formula is C15H28N4. The molecule has 19 heavy (non-hydrogen) atoms. The fraction of sp³-hybridized carbons (Fsp3) is 0.867. The number of aromatic nitrogens is 3. The van der Waals surface area contributed by atoms with E-state index in [1.165, 1.54) is 37.9 Å². The molecule has 0 amide bonds. The van der Waals surface area contributed by atoms with Crippen LogP contribution in [0.25, 0.3) is 0 Å². The topological polar surface area (TPSA) is 42.7 Å². The van der Waals surface area contributed by atoms with Gasteiger partial charge in [-0.05, 0) is 12.3 Å². The molecule has 0 bridgehead atoms. The molecule has 2 rings (SSSR count). The molecule has 2 heterocycles. The molecule has 4 nitrogen and oxygen atoms in total. The summed E-state index contributed by atoms with van der Waals surface area (Å²) in [7, 11) is 0. The minimum Gasteiger partial charge on any atom is -0.312 e. The van der Waals surface area contributed by atoms with E-state index in [0.29, 0.717) is 12.0 Å². The van der Waals surface area contributed by atoms with Gasteiger partial charge < -0.3 is 9.88 Å². The standard InChI is InChI=1S/C15H28N4/c1-4-5-6-7-8-9-13-17-18-15-14(12(2)3)16-10-11-19(13)15/h12,14,16H,4-11H2,1-3H3. The summed E-state index contributed by atoms with van der Waals surface area (Å²) in [5.74, 6) is 2.91. The highest BCUT2D eigenvalue weighted by Gasteiger charge is 2.26. The number of fused-ring (bicyclic) bond motifs is 1. The summed E-state index contributed by atoms with van der Waals surface area (Å²) in [4.78, 5) is 0. The fourth-order valence-electron chi connectivity index (χ4n) is 2.85. The minimum absolute atomic E-state index is 0.370. The highest BCUT2D eigenvalue weighted by Crippen LogP contribution is 2.24. The molecule has 0 aromatic carbocycles. The van der Waals surface area contributed by atoms with Crippen LogP contribution in [-0.4, -0.2) is 21.3 Å². The summed E-state index contributed by atoms with van der Waals surface area (Å²) in [6.07, 6.45) is 7.67. The molecule has 1 aliphatic rings. The van der Waals surface area contributed by atoms with E-state index in [4.69, 9.17) is 0 Å². The molecule has 108 valence electrons. The Morgan fingerprint density at radius 1 is 1.21 bits per heavy atom. The third kappa shape index (κ3) is 3.56. The van der Waals surface area contributed by atoms with Crippen LogP contribution < -0.4 is 5.32 Å². The summed E-state index contributed by atoms with van der Waals surface area (Å²) < 4.78 is 2.35. The van der Waals surface area contributed by atoms with Gasteiger partial charge in [0, 0.05) is 19.5 Å². The summed E-state index contributed by atoms with van der Waals surface area (Å²) in [5, 5.41) is 12.4. The van der Waals surface area contributed by atoms with E-state index in [0.717, 1.165) is 25.3 Å². The van der Waals surface area contributed by atoms with Crippen LogP contribution >= 0.6 is 0 Å². The van der Waals surface area contributed by atoms with Gasteiger partial charge in [-0.15, -0.1) is 10.2 Å². The van der Waals surface area contributed by atoms with E-state index >= 15 is 0 Å². The maximum absolute atomic E-state index is 4.42. The molecule has 1 aromatic heterocycles. The van der Waals surface area contributed by atoms with Crippen LogP contribution in [0.1, 0.15) is 70.6 Å². The van der Waals surface area contributed by atoms with Gasteiger partial charge in [0.25, 0.3) is 0 Å². The first kappa shape index (κ1) is 14.5. The first-order valence-electron chi connectivity index (χ1n) is 7.89. The van der Waals surface area contributed by atoms with Crippen molar-refractivity contribution < 1.29 is 0 Å². The lowest BCUT2D eigenvalue weighted by atomic mass is 10.0. The summed E-state index contributed by atoms with van der Waals surface area (Å²) in [5.41, 5.74) is 0. The Hall–Kier alpha value is -0.900. The molecule has 1 atom stereocenters. The van der Waals surface area contributed by atoms with Crippen molar-refractivity contribution in [3.8, 4) is 0 Å². The van der Waals surface area contributed by atoms with Crippen molar-refractivity contribution in [2.45, 2.75) is 71.9 Å². The van der Waals surface area contributed by atoms with Crippen molar-refractivity contribution in [3.63, 3.8) is 0 Å². The zero-order chi connectivity index (χ0) is 13.7. The number of nitrogens with one attached hydrogen (secondary N) is 1. The Labute approximate surface area is 117 Å². The Bertz CT molecular complexity index is 383. The quantitative estimate of drug-likeness (QED) is 0.770. The van der Waals surface area contributed by atoms with Crippen molar-refractivity contribution in [2.75, 3.05) is 6.54 Å². The molecule has 0 radical (unpaired) electrons. The largest absolute Gasteiger partial charge is 0.312 e. The predicted octanol–water partition coefficient (Wildman–Crippen LogP) is 3.09. The molecule has 0 saturated carbocycles. The summed E-state index contributed by atoms with van der Waals surface area (Å²) in [6.45, 7) is 8.80. The normalized spacial score (nSPS) is 18.8. The zero-order valence-electron chi connectivity index (χ0n) is 12.7. The monoisotopic (exact) mass is 264 g/mol. The fourth-order valence-corrected chi connectivity index (χ4v) is 2.85. The third-order valence-corrected chi connectivity index (χ3v) is 4.00. The Balaban J connectivity index is 1.92. The average Bonchev–Trinajstić information content (AvgIpc) is 2.81. The summed E-state index contributed by atoms with van der Waals surface area (Å²) in [6, 6.07) is 0.370. The number of rotatable bonds is 7. The lowest BCUT2D eigenvalue weighted by molar-refractivity contribution is 0.334. The average molecular weight is 264 g/mol. The second-order valence-electron chi connectivity index (χ2n) is 5.97. The Kier molecular flexibility index (Phi) is 5.37. The lowest BCUT2D eigenvalue weighted by Gasteiger charge is -2.27. The first-order chi connectivity index (χ1) is 9.24. The molecule has 1 aliphatic heterocycles. The van der Waals surface area contributed by atoms with Gasteiger partial charge in [-0.1, -0.05) is 46.5 Å². The van der Waals surface area contributed by atoms with Crippen LogP contribution in [0, 0.1) is 5.92 Å². The molecule has 1 unspecified atom stereocenters. The molecular weight excluding hydrogens is 236 g/mol. The van der Waals surface area contributed by atoms with Crippen LogP contribution in [0.4, 0.5) is 0 Å². The van der Waals surface area contributed by atoms with Gasteiger partial charge in [0.05, 0.1) is 6.04 Å². The number of aryl methyl sites for hydroxylation is 1. The van der Waals surface area contributed by atoms with Crippen LogP contribution in [0.2, 0.25) is 0 Å². The smallest absolute Gasteiger partial charge is 0.150 e.